The summed E-state index contributed by atoms with van der Waals surface area (Å²) in [6.07, 6.45) is 3.26. The van der Waals surface area contributed by atoms with E-state index in [9.17, 15) is 19.5 Å². The van der Waals surface area contributed by atoms with E-state index in [0.29, 0.717) is 22.8 Å². The minimum atomic E-state index is -0.848. The standard InChI is InChI=1S/C26H25ClN4O4/c1-15(33)31-23-19(13-30-22(23)7-6-18(26(30)35)16-8-10-28-11-9-16)20(14-32)24(31)25(34)29-12-17-4-2-3-5-21(17)27/h2-11,19-20,23-24,32H,12-14H2,1H3,(H,29,34)/t19-,20-,23+,24-/m1/s1. The van der Waals surface area contributed by atoms with Crippen molar-refractivity contribution in [3.63, 3.8) is 0 Å². The molecule has 0 aliphatic carbocycles. The number of aliphatic hydroxyl groups is 1. The third-order valence-corrected chi connectivity index (χ3v) is 7.48. The largest absolute Gasteiger partial charge is 0.396 e. The molecular formula is C26H25ClN4O4. The van der Waals surface area contributed by atoms with Gasteiger partial charge in [0.1, 0.15) is 6.04 Å². The zero-order chi connectivity index (χ0) is 24.7. The Labute approximate surface area is 207 Å². The van der Waals surface area contributed by atoms with Crippen LogP contribution in [0.5, 0.6) is 0 Å². The number of aromatic nitrogens is 2. The first-order valence-electron chi connectivity index (χ1n) is 11.5. The van der Waals surface area contributed by atoms with E-state index < -0.39 is 18.0 Å². The van der Waals surface area contributed by atoms with Gasteiger partial charge < -0.3 is 19.9 Å². The Bertz CT molecular complexity index is 1340. The minimum Gasteiger partial charge on any atom is -0.396 e. The van der Waals surface area contributed by atoms with Crippen LogP contribution in [0.25, 0.3) is 11.1 Å². The highest BCUT2D eigenvalue weighted by molar-refractivity contribution is 6.31. The molecule has 2 amide bonds. The second-order valence-electron chi connectivity index (χ2n) is 8.96. The number of carbonyl (C=O) groups excluding carboxylic acids is 2. The van der Waals surface area contributed by atoms with E-state index in [1.54, 1.807) is 41.2 Å². The van der Waals surface area contributed by atoms with Crippen molar-refractivity contribution in [1.29, 1.82) is 0 Å². The van der Waals surface area contributed by atoms with E-state index in [1.165, 1.54) is 11.8 Å². The average Bonchev–Trinajstić information content (AvgIpc) is 3.39. The van der Waals surface area contributed by atoms with Crippen LogP contribution < -0.4 is 10.9 Å². The van der Waals surface area contributed by atoms with Crippen molar-refractivity contribution in [2.45, 2.75) is 32.1 Å². The maximum absolute atomic E-state index is 13.4. The maximum Gasteiger partial charge on any atom is 0.258 e. The predicted molar refractivity (Wildman–Crippen MR) is 130 cm³/mol. The molecule has 4 atom stereocenters. The van der Waals surface area contributed by atoms with E-state index in [-0.39, 0.29) is 36.4 Å². The van der Waals surface area contributed by atoms with Crippen LogP contribution in [0.2, 0.25) is 5.02 Å². The Morgan fingerprint density at radius 1 is 1.14 bits per heavy atom. The quantitative estimate of drug-likeness (QED) is 0.569. The lowest BCUT2D eigenvalue weighted by molar-refractivity contribution is -0.140. The molecule has 1 saturated heterocycles. The number of hydrogen-bond donors (Lipinski definition) is 2. The number of rotatable bonds is 5. The molecule has 0 saturated carbocycles. The molecule has 0 spiro atoms. The first-order valence-corrected chi connectivity index (χ1v) is 11.8. The van der Waals surface area contributed by atoms with Crippen molar-refractivity contribution in [2.75, 3.05) is 6.61 Å². The fourth-order valence-corrected chi connectivity index (χ4v) is 5.73. The Kier molecular flexibility index (Phi) is 6.17. The molecule has 5 rings (SSSR count). The van der Waals surface area contributed by atoms with Crippen LogP contribution in [0.1, 0.15) is 24.2 Å². The highest BCUT2D eigenvalue weighted by Gasteiger charge is 2.56. The summed E-state index contributed by atoms with van der Waals surface area (Å²) in [6.45, 7) is 1.66. The van der Waals surface area contributed by atoms with Crippen LogP contribution in [-0.4, -0.2) is 44.0 Å². The second-order valence-corrected chi connectivity index (χ2v) is 9.37. The lowest BCUT2D eigenvalue weighted by Gasteiger charge is -2.30. The van der Waals surface area contributed by atoms with Gasteiger partial charge in [-0.3, -0.25) is 19.4 Å². The van der Waals surface area contributed by atoms with Crippen molar-refractivity contribution >= 4 is 23.4 Å². The number of nitrogens with one attached hydrogen (secondary N) is 1. The highest BCUT2D eigenvalue weighted by atomic mass is 35.5. The fraction of sp³-hybridized carbons (Fsp3) is 0.308. The summed E-state index contributed by atoms with van der Waals surface area (Å²) in [7, 11) is 0. The van der Waals surface area contributed by atoms with Crippen molar-refractivity contribution in [3.8, 4) is 11.1 Å². The molecule has 0 unspecified atom stereocenters. The zero-order valence-corrected chi connectivity index (χ0v) is 19.9. The number of halogens is 1. The Morgan fingerprint density at radius 3 is 2.57 bits per heavy atom. The van der Waals surface area contributed by atoms with Crippen molar-refractivity contribution < 1.29 is 14.7 Å². The van der Waals surface area contributed by atoms with Crippen LogP contribution >= 0.6 is 11.6 Å². The van der Waals surface area contributed by atoms with E-state index in [0.717, 1.165) is 11.1 Å². The number of pyridine rings is 2. The van der Waals surface area contributed by atoms with Crippen LogP contribution in [-0.2, 0) is 22.7 Å². The third kappa shape index (κ3) is 3.92. The monoisotopic (exact) mass is 492 g/mol. The molecule has 8 nitrogen and oxygen atoms in total. The van der Waals surface area contributed by atoms with E-state index >= 15 is 0 Å². The number of aliphatic hydroxyl groups excluding tert-OH is 1. The molecule has 2 aliphatic rings. The van der Waals surface area contributed by atoms with E-state index in [1.807, 2.05) is 24.3 Å². The number of nitrogens with zero attached hydrogens (tertiary/aromatic N) is 3. The van der Waals surface area contributed by atoms with Crippen LogP contribution in [0.3, 0.4) is 0 Å². The molecule has 9 heteroatoms. The zero-order valence-electron chi connectivity index (χ0n) is 19.1. The van der Waals surface area contributed by atoms with Gasteiger partial charge in [0.15, 0.2) is 0 Å². The Hall–Kier alpha value is -3.49. The minimum absolute atomic E-state index is 0.164. The van der Waals surface area contributed by atoms with Crippen LogP contribution in [0, 0.1) is 11.8 Å². The summed E-state index contributed by atoms with van der Waals surface area (Å²) in [4.78, 5) is 45.0. The average molecular weight is 493 g/mol. The van der Waals surface area contributed by atoms with Gasteiger partial charge in [-0.05, 0) is 41.5 Å². The van der Waals surface area contributed by atoms with Gasteiger partial charge in [-0.15, -0.1) is 0 Å². The maximum atomic E-state index is 13.4. The molecule has 2 aromatic heterocycles. The summed E-state index contributed by atoms with van der Waals surface area (Å²) in [5.41, 5.74) is 2.57. The molecule has 0 bridgehead atoms. The first kappa shape index (κ1) is 23.3. The fourth-order valence-electron chi connectivity index (χ4n) is 5.53. The van der Waals surface area contributed by atoms with E-state index in [4.69, 9.17) is 11.6 Å². The molecule has 1 aromatic carbocycles. The molecule has 3 aromatic rings. The van der Waals surface area contributed by atoms with E-state index in [2.05, 4.69) is 10.3 Å². The number of amides is 2. The summed E-state index contributed by atoms with van der Waals surface area (Å²) in [5, 5.41) is 13.7. The van der Waals surface area contributed by atoms with Gasteiger partial charge in [-0.2, -0.15) is 0 Å². The molecule has 180 valence electrons. The van der Waals surface area contributed by atoms with Crippen LogP contribution in [0.4, 0.5) is 0 Å². The third-order valence-electron chi connectivity index (χ3n) is 7.11. The Morgan fingerprint density at radius 2 is 1.89 bits per heavy atom. The summed E-state index contributed by atoms with van der Waals surface area (Å²) >= 11 is 6.22. The molecule has 35 heavy (non-hydrogen) atoms. The molecule has 2 N–H and O–H groups in total. The van der Waals surface area contributed by atoms with Gasteiger partial charge in [0.05, 0.1) is 6.04 Å². The first-order chi connectivity index (χ1) is 16.9. The molecular weight excluding hydrogens is 468 g/mol. The Balaban J connectivity index is 1.48. The lowest BCUT2D eigenvalue weighted by Crippen LogP contribution is -2.49. The molecule has 4 heterocycles. The van der Waals surface area contributed by atoms with Crippen molar-refractivity contribution in [3.05, 3.63) is 87.6 Å². The number of benzene rings is 1. The summed E-state index contributed by atoms with van der Waals surface area (Å²) in [5.74, 6) is -1.41. The summed E-state index contributed by atoms with van der Waals surface area (Å²) < 4.78 is 1.67. The number of fused-ring (bicyclic) bond motifs is 3. The number of carbonyl (C=O) groups is 2. The molecule has 0 radical (unpaired) electrons. The lowest BCUT2D eigenvalue weighted by atomic mass is 9.88. The van der Waals surface area contributed by atoms with Crippen LogP contribution in [0.15, 0.2) is 65.7 Å². The van der Waals surface area contributed by atoms with Gasteiger partial charge in [0, 0.05) is 67.1 Å². The SMILES string of the molecule is CC(=O)N1[C@@H]2c3ccc(-c4ccncc4)c(=O)n3C[C@@H]2[C@@H](CO)[C@@H]1C(=O)NCc1ccccc1Cl. The number of likely N-dealkylation sites (tertiary alicyclic amines) is 1. The predicted octanol–water partition coefficient (Wildman–Crippen LogP) is 2.39. The second kappa shape index (κ2) is 9.28. The topological polar surface area (TPSA) is 105 Å². The molecule has 2 aliphatic heterocycles. The van der Waals surface area contributed by atoms with Gasteiger partial charge in [0.25, 0.3) is 5.56 Å². The van der Waals surface area contributed by atoms with Gasteiger partial charge in [-0.25, -0.2) is 0 Å². The number of hydrogen-bond acceptors (Lipinski definition) is 5. The normalized spacial score (nSPS) is 22.5. The van der Waals surface area contributed by atoms with Gasteiger partial charge in [0.2, 0.25) is 11.8 Å². The van der Waals surface area contributed by atoms with Crippen molar-refractivity contribution in [2.24, 2.45) is 11.8 Å². The van der Waals surface area contributed by atoms with Gasteiger partial charge >= 0.3 is 0 Å². The van der Waals surface area contributed by atoms with Crippen molar-refractivity contribution in [1.82, 2.24) is 19.8 Å². The highest BCUT2D eigenvalue weighted by Crippen LogP contribution is 2.49. The smallest absolute Gasteiger partial charge is 0.258 e. The van der Waals surface area contributed by atoms with Gasteiger partial charge in [-0.1, -0.05) is 29.8 Å². The molecule has 1 fully saturated rings. The summed E-state index contributed by atoms with van der Waals surface area (Å²) in [6, 6.07) is 13.0.